The van der Waals surface area contributed by atoms with Gasteiger partial charge in [-0.15, -0.1) is 0 Å². The molecule has 6 heterocycles. The number of hydrogen-bond acceptors (Lipinski definition) is 25. The molecule has 3 aliphatic rings. The molecule has 642 valence electrons. The molecule has 6 aromatic rings. The molecule has 1 fully saturated rings. The van der Waals surface area contributed by atoms with E-state index in [4.69, 9.17) is 58.1 Å². The van der Waals surface area contributed by atoms with Gasteiger partial charge in [-0.3, -0.25) is 38.4 Å². The van der Waals surface area contributed by atoms with E-state index in [1.165, 1.54) is 30.0 Å². The number of carboxylic acids is 1. The SMILES string of the molecule is CC[C@@]1(O)C(=O)OCc2c1cc1n(c2=O)Cc2c-1nc1ccccc1c2CCN(C(=O)OCc1ccc(NC(=O)[C@H](C)NC(=O)C(NC(=O)CC[C@H](NC(=O)CCn2c(CNC)cc3cc(NC(=O)CCC(N)=O)ccc32)C(=O)NCCOCCOCCOCCOCCOCCOC)C(C)C)c(O[C@H]2C[C@@H](O)C[C@@H](C(=O)O)O2)c1)C(C)C. The fourth-order valence-corrected chi connectivity index (χ4v) is 13.9. The van der Waals surface area contributed by atoms with E-state index in [0.717, 1.165) is 33.1 Å². The second kappa shape index (κ2) is 44.3. The molecule has 118 heavy (non-hydrogen) atoms. The van der Waals surface area contributed by atoms with Crippen molar-refractivity contribution in [3.8, 4) is 17.1 Å². The first-order chi connectivity index (χ1) is 56.6. The number of carboxylic acid groups (broad SMARTS) is 1. The van der Waals surface area contributed by atoms with Gasteiger partial charge in [0.2, 0.25) is 47.6 Å². The number of amides is 8. The minimum absolute atomic E-state index is 0.00447. The van der Waals surface area contributed by atoms with Gasteiger partial charge in [0.1, 0.15) is 37.1 Å². The van der Waals surface area contributed by atoms with Gasteiger partial charge in [0.25, 0.3) is 5.56 Å². The number of methoxy groups -OCH3 is 1. The number of cyclic esters (lactones) is 1. The van der Waals surface area contributed by atoms with Gasteiger partial charge in [-0.1, -0.05) is 45.0 Å². The van der Waals surface area contributed by atoms with Gasteiger partial charge in [-0.05, 0) is 113 Å². The number of ether oxygens (including phenoxy) is 10. The lowest BCUT2D eigenvalue weighted by Gasteiger charge is -2.31. The quantitative estimate of drug-likeness (QED) is 0.0191. The van der Waals surface area contributed by atoms with E-state index < -0.39 is 119 Å². The number of fused-ring (bicyclic) bond motifs is 6. The second-order valence-corrected chi connectivity index (χ2v) is 29.5. The molecular formula is C82H110N12O24. The summed E-state index contributed by atoms with van der Waals surface area (Å²) in [6.07, 6.45) is -5.70. The molecule has 0 bridgehead atoms. The molecule has 3 aromatic carbocycles. The number of nitrogens with one attached hydrogen (secondary N) is 7. The summed E-state index contributed by atoms with van der Waals surface area (Å²) in [5.41, 5.74) is 8.61. The number of aromatic nitrogens is 3. The fraction of sp³-hybridized carbons (Fsp3) is 0.537. The summed E-state index contributed by atoms with van der Waals surface area (Å²) in [4.78, 5) is 154. The monoisotopic (exact) mass is 1650 g/mol. The molecule has 0 saturated carbocycles. The molecule has 1 saturated heterocycles. The molecule has 7 atom stereocenters. The van der Waals surface area contributed by atoms with Gasteiger partial charge in [0, 0.05) is 117 Å². The molecule has 1 unspecified atom stereocenters. The van der Waals surface area contributed by atoms with Crippen LogP contribution in [0.25, 0.3) is 33.2 Å². The van der Waals surface area contributed by atoms with Gasteiger partial charge in [0.15, 0.2) is 11.7 Å². The van der Waals surface area contributed by atoms with Crippen LogP contribution >= 0.6 is 0 Å². The lowest BCUT2D eigenvalue weighted by atomic mass is 9.86. The van der Waals surface area contributed by atoms with Crippen LogP contribution in [-0.2, 0) is 131 Å². The zero-order valence-electron chi connectivity index (χ0n) is 67.9. The number of aliphatic hydroxyl groups excluding tert-OH is 1. The predicted octanol–water partition coefficient (Wildman–Crippen LogP) is 3.66. The number of aliphatic carboxylic acids is 1. The van der Waals surface area contributed by atoms with Crippen molar-refractivity contribution < 1.29 is 111 Å². The first-order valence-corrected chi connectivity index (χ1v) is 39.7. The van der Waals surface area contributed by atoms with Crippen LogP contribution in [0, 0.1) is 5.92 Å². The average molecular weight is 1650 g/mol. The van der Waals surface area contributed by atoms with E-state index in [1.807, 2.05) is 48.7 Å². The minimum atomic E-state index is -2.03. The lowest BCUT2D eigenvalue weighted by molar-refractivity contribution is -0.195. The summed E-state index contributed by atoms with van der Waals surface area (Å²) in [7, 11) is 3.36. The van der Waals surface area contributed by atoms with E-state index in [9.17, 15) is 68.1 Å². The maximum atomic E-state index is 14.3. The number of primary amides is 1. The standard InChI is InChI=1S/C82H110N12O24/c1-9-82(108)60-43-65-74-58(45-94(65)78(103)59(60)47-115-80(82)106)56(57-12-10-11-13-61(57)89-74)22-25-92(49(4)5)81(107)116-46-51-14-16-62(66(38-51)117-72-42-55(95)41-67(118-72)79(104)105)90-75(100)50(6)86-77(102)73(48(2)3)91-70(98)20-17-63(76(101)85-24-27-110-30-31-112-34-35-114-37-36-113-33-32-111-29-28-109-8)88-71(99)23-26-93-54(44-84-7)40-52-39-53(15-18-64(52)93)87-69(97)21-19-68(83)96/h10-16,18,38-40,43,48-50,55,63,67,72-73,84,95,108H,9,17,19-37,41-42,44-47H2,1-8H3,(H2,83,96)(H,85,101)(H,86,102)(H,87,97)(H,88,99)(H,90,100)(H,91,98)(H,104,105)/t50-,55-,63-,67-,72+,73?,82-/m0/s1. The number of esters is 1. The van der Waals surface area contributed by atoms with Crippen molar-refractivity contribution in [2.24, 2.45) is 11.7 Å². The third-order valence-corrected chi connectivity index (χ3v) is 20.2. The van der Waals surface area contributed by atoms with Gasteiger partial charge in [0.05, 0.1) is 113 Å². The maximum Gasteiger partial charge on any atom is 0.410 e. The molecule has 36 heteroatoms. The van der Waals surface area contributed by atoms with Crippen LogP contribution in [0.2, 0.25) is 0 Å². The number of benzene rings is 3. The highest BCUT2D eigenvalue weighted by Crippen LogP contribution is 2.41. The number of carbonyl (C=O) groups excluding carboxylic acids is 9. The highest BCUT2D eigenvalue weighted by atomic mass is 16.7. The van der Waals surface area contributed by atoms with E-state index in [1.54, 1.807) is 63.8 Å². The van der Waals surface area contributed by atoms with Crippen LogP contribution in [-0.4, -0.2) is 236 Å². The Kier molecular flexibility index (Phi) is 34.3. The van der Waals surface area contributed by atoms with Crippen molar-refractivity contribution >= 4 is 92.6 Å². The van der Waals surface area contributed by atoms with Crippen LogP contribution in [0.5, 0.6) is 5.75 Å². The van der Waals surface area contributed by atoms with Crippen molar-refractivity contribution in [1.29, 1.82) is 0 Å². The van der Waals surface area contributed by atoms with Crippen LogP contribution in [0.4, 0.5) is 16.2 Å². The summed E-state index contributed by atoms with van der Waals surface area (Å²) in [6, 6.07) is 16.5. The Hall–Kier alpha value is -10.5. The first kappa shape index (κ1) is 91.4. The van der Waals surface area contributed by atoms with Crippen LogP contribution in [0.1, 0.15) is 126 Å². The molecule has 12 N–H and O–H groups in total. The molecule has 3 aliphatic heterocycles. The number of anilines is 2. The van der Waals surface area contributed by atoms with Crippen LogP contribution < -0.4 is 53.2 Å². The van der Waals surface area contributed by atoms with Gasteiger partial charge in [-0.2, -0.15) is 0 Å². The van der Waals surface area contributed by atoms with Crippen molar-refractivity contribution in [3.05, 3.63) is 117 Å². The summed E-state index contributed by atoms with van der Waals surface area (Å²) in [6.45, 7) is 14.0. The molecule has 9 rings (SSSR count). The Morgan fingerprint density at radius 2 is 1.43 bits per heavy atom. The smallest absolute Gasteiger partial charge is 0.410 e. The predicted molar refractivity (Wildman–Crippen MR) is 428 cm³/mol. The number of aryl methyl sites for hydroxylation is 1. The maximum absolute atomic E-state index is 14.3. The van der Waals surface area contributed by atoms with Crippen molar-refractivity contribution in [3.63, 3.8) is 0 Å². The Balaban J connectivity index is 0.821. The Labute approximate surface area is 682 Å². The van der Waals surface area contributed by atoms with E-state index in [2.05, 4.69) is 37.2 Å². The van der Waals surface area contributed by atoms with E-state index in [0.29, 0.717) is 87.6 Å². The van der Waals surface area contributed by atoms with Gasteiger partial charge >= 0.3 is 18.0 Å². The fourth-order valence-electron chi connectivity index (χ4n) is 13.9. The summed E-state index contributed by atoms with van der Waals surface area (Å²) in [5.74, 6) is -7.18. The Morgan fingerprint density at radius 3 is 2.09 bits per heavy atom. The number of rotatable bonds is 48. The third kappa shape index (κ3) is 25.0. The molecule has 0 spiro atoms. The van der Waals surface area contributed by atoms with Gasteiger partial charge in [-0.25, -0.2) is 19.4 Å². The number of nitrogens with zero attached hydrogens (tertiary/aromatic N) is 4. The highest BCUT2D eigenvalue weighted by molar-refractivity contribution is 6.00. The second-order valence-electron chi connectivity index (χ2n) is 29.5. The largest absolute Gasteiger partial charge is 0.479 e. The summed E-state index contributed by atoms with van der Waals surface area (Å²) < 4.78 is 59.2. The van der Waals surface area contributed by atoms with Gasteiger partial charge < -0.3 is 120 Å². The first-order valence-electron chi connectivity index (χ1n) is 39.7. The molecule has 0 radical (unpaired) electrons. The van der Waals surface area contributed by atoms with Crippen molar-refractivity contribution in [1.82, 2.24) is 45.6 Å². The number of hydrogen-bond donors (Lipinski definition) is 11. The third-order valence-electron chi connectivity index (χ3n) is 20.2. The number of carbonyl (C=O) groups is 10. The van der Waals surface area contributed by atoms with Crippen LogP contribution in [0.15, 0.2) is 77.6 Å². The molecule has 36 nitrogen and oxygen atoms in total. The normalized spacial score (nSPS) is 16.9. The minimum Gasteiger partial charge on any atom is -0.479 e. The van der Waals surface area contributed by atoms with Crippen molar-refractivity contribution in [2.45, 2.75) is 180 Å². The number of nitrogens with two attached hydrogens (primary N) is 1. The Morgan fingerprint density at radius 1 is 0.746 bits per heavy atom. The summed E-state index contributed by atoms with van der Waals surface area (Å²) >= 11 is 0. The average Bonchev–Trinajstić information content (AvgIpc) is 1.52. The highest BCUT2D eigenvalue weighted by Gasteiger charge is 2.46. The molecule has 0 aliphatic carbocycles. The number of aliphatic hydroxyl groups is 2. The Bertz CT molecular complexity index is 4590. The number of pyridine rings is 2. The summed E-state index contributed by atoms with van der Waals surface area (Å²) in [5, 5.41) is 53.3. The molecular weight excluding hydrogens is 1540 g/mol. The van der Waals surface area contributed by atoms with Crippen molar-refractivity contribution in [2.75, 3.05) is 111 Å². The number of para-hydroxylation sites is 1. The van der Waals surface area contributed by atoms with E-state index in [-0.39, 0.29) is 140 Å². The topological polar surface area (TPSA) is 477 Å². The lowest BCUT2D eigenvalue weighted by Crippen LogP contribution is -2.54. The molecule has 8 amide bonds. The van der Waals surface area contributed by atoms with Crippen LogP contribution in [0.3, 0.4) is 0 Å². The zero-order valence-corrected chi connectivity index (χ0v) is 67.9. The zero-order chi connectivity index (χ0) is 85.2. The van der Waals surface area contributed by atoms with E-state index >= 15 is 0 Å². The molecule has 3 aromatic heterocycles.